The van der Waals surface area contributed by atoms with Gasteiger partial charge in [0.05, 0.1) is 12.2 Å². The number of thiazole rings is 1. The molecular weight excluding hydrogens is 334 g/mol. The number of aliphatic imine (C=N–C) groups is 1. The highest BCUT2D eigenvalue weighted by Gasteiger charge is 2.33. The Balaban J connectivity index is 1.81. The molecule has 0 radical (unpaired) electrons. The number of nitrogens with zero attached hydrogens (tertiary/aromatic N) is 3. The van der Waals surface area contributed by atoms with Crippen LogP contribution in [0.2, 0.25) is 0 Å². The van der Waals surface area contributed by atoms with Crippen LogP contribution in [-0.4, -0.2) is 51.8 Å². The second kappa shape index (κ2) is 9.97. The van der Waals surface area contributed by atoms with Crippen LogP contribution in [-0.2, 0) is 11.3 Å². The van der Waals surface area contributed by atoms with Crippen molar-refractivity contribution in [1.82, 2.24) is 15.6 Å². The van der Waals surface area contributed by atoms with Gasteiger partial charge in [-0.1, -0.05) is 12.8 Å². The lowest BCUT2D eigenvalue weighted by molar-refractivity contribution is 0.105. The summed E-state index contributed by atoms with van der Waals surface area (Å²) in [5.41, 5.74) is 1.40. The lowest BCUT2D eigenvalue weighted by Gasteiger charge is -2.30. The fourth-order valence-corrected chi connectivity index (χ4v) is 4.08. The molecule has 0 bridgehead atoms. The normalized spacial score (nSPS) is 16.9. The van der Waals surface area contributed by atoms with Crippen molar-refractivity contribution in [3.05, 3.63) is 11.1 Å². The topological polar surface area (TPSA) is 61.8 Å². The highest BCUT2D eigenvalue weighted by atomic mass is 32.1. The minimum atomic E-state index is 0.353. The molecule has 0 atom stereocenters. The average Bonchev–Trinajstić information content (AvgIpc) is 3.25. The number of aromatic nitrogens is 1. The predicted octanol–water partition coefficient (Wildman–Crippen LogP) is 2.86. The third-order valence-corrected chi connectivity index (χ3v) is 5.92. The summed E-state index contributed by atoms with van der Waals surface area (Å²) in [5, 5.41) is 10.0. The van der Waals surface area contributed by atoms with Crippen LogP contribution < -0.4 is 15.5 Å². The first-order valence-corrected chi connectivity index (χ1v) is 10.1. The molecule has 25 heavy (non-hydrogen) atoms. The standard InChI is InChI=1S/C18H33N5OS/c1-5-24-11-10-18(8-6-7-9-18)14-21-16(19-2)20-12-15-13-25-17(22-15)23(3)4/h13H,5-12,14H2,1-4H3,(H2,19,20,21). The van der Waals surface area contributed by atoms with E-state index >= 15 is 0 Å². The molecule has 1 aromatic heterocycles. The first-order chi connectivity index (χ1) is 12.1. The van der Waals surface area contributed by atoms with E-state index in [1.54, 1.807) is 11.3 Å². The zero-order valence-corrected chi connectivity index (χ0v) is 16.9. The Morgan fingerprint density at radius 1 is 1.36 bits per heavy atom. The number of nitrogens with one attached hydrogen (secondary N) is 2. The minimum absolute atomic E-state index is 0.353. The van der Waals surface area contributed by atoms with Crippen LogP contribution in [0.15, 0.2) is 10.4 Å². The van der Waals surface area contributed by atoms with E-state index in [4.69, 9.17) is 4.74 Å². The van der Waals surface area contributed by atoms with Gasteiger partial charge in [0, 0.05) is 46.3 Å². The van der Waals surface area contributed by atoms with Crippen molar-refractivity contribution in [3.8, 4) is 0 Å². The summed E-state index contributed by atoms with van der Waals surface area (Å²) in [5.74, 6) is 0.849. The van der Waals surface area contributed by atoms with Crippen molar-refractivity contribution >= 4 is 22.4 Å². The molecule has 1 aromatic rings. The molecule has 0 aliphatic heterocycles. The summed E-state index contributed by atoms with van der Waals surface area (Å²) in [4.78, 5) is 11.0. The van der Waals surface area contributed by atoms with Crippen molar-refractivity contribution in [2.45, 2.75) is 45.6 Å². The molecule has 1 fully saturated rings. The van der Waals surface area contributed by atoms with E-state index in [1.807, 2.05) is 26.0 Å². The summed E-state index contributed by atoms with van der Waals surface area (Å²) < 4.78 is 5.60. The van der Waals surface area contributed by atoms with E-state index in [2.05, 4.69) is 32.9 Å². The van der Waals surface area contributed by atoms with Crippen LogP contribution in [0, 0.1) is 5.41 Å². The molecular formula is C18H33N5OS. The molecule has 6 nitrogen and oxygen atoms in total. The largest absolute Gasteiger partial charge is 0.382 e. The average molecular weight is 368 g/mol. The lowest BCUT2D eigenvalue weighted by Crippen LogP contribution is -2.43. The maximum absolute atomic E-state index is 5.60. The van der Waals surface area contributed by atoms with Gasteiger partial charge >= 0.3 is 0 Å². The highest BCUT2D eigenvalue weighted by Crippen LogP contribution is 2.40. The summed E-state index contributed by atoms with van der Waals surface area (Å²) in [6.45, 7) is 5.37. The summed E-state index contributed by atoms with van der Waals surface area (Å²) >= 11 is 1.66. The van der Waals surface area contributed by atoms with Crippen LogP contribution >= 0.6 is 11.3 Å². The van der Waals surface area contributed by atoms with Crippen LogP contribution in [0.25, 0.3) is 0 Å². The van der Waals surface area contributed by atoms with Crippen LogP contribution in [0.4, 0.5) is 5.13 Å². The number of rotatable bonds is 9. The Morgan fingerprint density at radius 2 is 2.12 bits per heavy atom. The number of hydrogen-bond donors (Lipinski definition) is 2. The molecule has 0 unspecified atom stereocenters. The molecule has 1 aliphatic rings. The Kier molecular flexibility index (Phi) is 7.96. The van der Waals surface area contributed by atoms with Gasteiger partial charge in [0.25, 0.3) is 0 Å². The van der Waals surface area contributed by atoms with Crippen molar-refractivity contribution in [1.29, 1.82) is 0 Å². The second-order valence-corrected chi connectivity index (χ2v) is 7.79. The number of hydrogen-bond acceptors (Lipinski definition) is 5. The third-order valence-electron chi connectivity index (χ3n) is 4.86. The van der Waals surface area contributed by atoms with Gasteiger partial charge in [0.15, 0.2) is 11.1 Å². The highest BCUT2D eigenvalue weighted by molar-refractivity contribution is 7.13. The molecule has 142 valence electrons. The van der Waals surface area contributed by atoms with E-state index in [1.165, 1.54) is 25.7 Å². The van der Waals surface area contributed by atoms with Crippen LogP contribution in [0.3, 0.4) is 0 Å². The number of guanidine groups is 1. The molecule has 1 saturated carbocycles. The van der Waals surface area contributed by atoms with E-state index in [-0.39, 0.29) is 0 Å². The quantitative estimate of drug-likeness (QED) is 0.399. The molecule has 2 N–H and O–H groups in total. The third kappa shape index (κ3) is 6.15. The van der Waals surface area contributed by atoms with Gasteiger partial charge in [-0.3, -0.25) is 4.99 Å². The van der Waals surface area contributed by atoms with Gasteiger partial charge in [-0.2, -0.15) is 0 Å². The van der Waals surface area contributed by atoms with E-state index in [0.29, 0.717) is 12.0 Å². The zero-order valence-electron chi connectivity index (χ0n) is 16.1. The van der Waals surface area contributed by atoms with Gasteiger partial charge in [-0.05, 0) is 31.6 Å². The maximum atomic E-state index is 5.60. The van der Waals surface area contributed by atoms with Crippen LogP contribution in [0.1, 0.15) is 44.7 Å². The molecule has 1 aliphatic carbocycles. The van der Waals surface area contributed by atoms with Gasteiger partial charge in [0.2, 0.25) is 0 Å². The van der Waals surface area contributed by atoms with Gasteiger partial charge in [0.1, 0.15) is 0 Å². The predicted molar refractivity (Wildman–Crippen MR) is 107 cm³/mol. The Hall–Kier alpha value is -1.34. The first kappa shape index (κ1) is 20.0. The summed E-state index contributed by atoms with van der Waals surface area (Å²) in [7, 11) is 5.85. The van der Waals surface area contributed by atoms with Gasteiger partial charge in [-0.25, -0.2) is 4.98 Å². The monoisotopic (exact) mass is 367 g/mol. The number of ether oxygens (including phenoxy) is 1. The van der Waals surface area contributed by atoms with Gasteiger partial charge in [-0.15, -0.1) is 11.3 Å². The van der Waals surface area contributed by atoms with Crippen LogP contribution in [0.5, 0.6) is 0 Å². The first-order valence-electron chi connectivity index (χ1n) is 9.22. The Labute approximate surface area is 156 Å². The van der Waals surface area contributed by atoms with Crippen molar-refractivity contribution in [2.24, 2.45) is 10.4 Å². The molecule has 2 rings (SSSR count). The fraction of sp³-hybridized carbons (Fsp3) is 0.778. The van der Waals surface area contributed by atoms with Crippen molar-refractivity contribution in [2.75, 3.05) is 45.8 Å². The molecule has 7 heteroatoms. The molecule has 1 heterocycles. The summed E-state index contributed by atoms with van der Waals surface area (Å²) in [6.07, 6.45) is 6.34. The van der Waals surface area contributed by atoms with E-state index < -0.39 is 0 Å². The Bertz CT molecular complexity index is 537. The van der Waals surface area contributed by atoms with Crippen molar-refractivity contribution < 1.29 is 4.74 Å². The Morgan fingerprint density at radius 3 is 2.72 bits per heavy atom. The molecule has 0 saturated heterocycles. The summed E-state index contributed by atoms with van der Waals surface area (Å²) in [6, 6.07) is 0. The smallest absolute Gasteiger partial charge is 0.191 e. The molecule has 0 aromatic carbocycles. The lowest BCUT2D eigenvalue weighted by atomic mass is 9.83. The number of anilines is 1. The fourth-order valence-electron chi connectivity index (χ4n) is 3.32. The van der Waals surface area contributed by atoms with E-state index in [9.17, 15) is 0 Å². The second-order valence-electron chi connectivity index (χ2n) is 6.95. The SMILES string of the molecule is CCOCCC1(CNC(=NC)NCc2csc(N(C)C)n2)CCCC1. The van der Waals surface area contributed by atoms with Crippen molar-refractivity contribution in [3.63, 3.8) is 0 Å². The minimum Gasteiger partial charge on any atom is -0.382 e. The van der Waals surface area contributed by atoms with E-state index in [0.717, 1.165) is 43.0 Å². The van der Waals surface area contributed by atoms with Gasteiger partial charge < -0.3 is 20.3 Å². The molecule has 0 spiro atoms. The molecule has 0 amide bonds. The zero-order chi connectivity index (χ0) is 18.1. The maximum Gasteiger partial charge on any atom is 0.191 e.